The summed E-state index contributed by atoms with van der Waals surface area (Å²) in [7, 11) is 0. The van der Waals surface area contributed by atoms with Crippen molar-refractivity contribution < 1.29 is 4.52 Å². The van der Waals surface area contributed by atoms with Gasteiger partial charge >= 0.3 is 0 Å². The van der Waals surface area contributed by atoms with Crippen LogP contribution in [0.2, 0.25) is 0 Å². The molecule has 0 bridgehead atoms. The maximum absolute atomic E-state index is 5.49. The minimum absolute atomic E-state index is 0.480. The molecule has 6 nitrogen and oxygen atoms in total. The van der Waals surface area contributed by atoms with Gasteiger partial charge in [-0.2, -0.15) is 4.98 Å². The monoisotopic (exact) mass is 191 g/mol. The molecule has 2 heterocycles. The van der Waals surface area contributed by atoms with Crippen LogP contribution in [0.15, 0.2) is 29.2 Å². The van der Waals surface area contributed by atoms with Crippen molar-refractivity contribution in [1.29, 1.82) is 0 Å². The average Bonchev–Trinajstić information content (AvgIpc) is 2.70. The number of nitrogens with one attached hydrogen (secondary N) is 1. The molecule has 72 valence electrons. The quantitative estimate of drug-likeness (QED) is 0.740. The van der Waals surface area contributed by atoms with Crippen molar-refractivity contribution >= 4 is 11.5 Å². The molecule has 6 heteroatoms. The fourth-order valence-electron chi connectivity index (χ4n) is 0.950. The lowest BCUT2D eigenvalue weighted by Crippen LogP contribution is -2.02. The Hall–Kier alpha value is -2.11. The molecule has 3 N–H and O–H groups in total. The van der Waals surface area contributed by atoms with Crippen molar-refractivity contribution in [3.05, 3.63) is 30.5 Å². The number of nitrogens with two attached hydrogens (primary N) is 1. The highest BCUT2D eigenvalue weighted by Crippen LogP contribution is 2.06. The first-order valence-electron chi connectivity index (χ1n) is 4.05. The number of rotatable bonds is 3. The summed E-state index contributed by atoms with van der Waals surface area (Å²) in [6.45, 7) is 0.480. The van der Waals surface area contributed by atoms with Crippen LogP contribution in [0, 0.1) is 0 Å². The van der Waals surface area contributed by atoms with Crippen LogP contribution in [0.4, 0.5) is 11.5 Å². The zero-order chi connectivity index (χ0) is 9.80. The van der Waals surface area contributed by atoms with Gasteiger partial charge in [0.25, 0.3) is 0 Å². The van der Waals surface area contributed by atoms with E-state index in [0.29, 0.717) is 18.1 Å². The Morgan fingerprint density at radius 1 is 1.36 bits per heavy atom. The highest BCUT2D eigenvalue weighted by molar-refractivity contribution is 5.43. The van der Waals surface area contributed by atoms with Crippen molar-refractivity contribution in [3.63, 3.8) is 0 Å². The van der Waals surface area contributed by atoms with Crippen LogP contribution in [0.1, 0.15) is 5.82 Å². The van der Waals surface area contributed by atoms with E-state index in [4.69, 9.17) is 5.73 Å². The van der Waals surface area contributed by atoms with Gasteiger partial charge in [-0.3, -0.25) is 0 Å². The highest BCUT2D eigenvalue weighted by atomic mass is 16.5. The normalized spacial score (nSPS) is 10.0. The van der Waals surface area contributed by atoms with E-state index in [1.165, 1.54) is 6.39 Å². The van der Waals surface area contributed by atoms with Crippen LogP contribution in [0.5, 0.6) is 0 Å². The first-order valence-corrected chi connectivity index (χ1v) is 4.05. The van der Waals surface area contributed by atoms with Gasteiger partial charge in [0.15, 0.2) is 5.82 Å². The van der Waals surface area contributed by atoms with Crippen LogP contribution in [0.25, 0.3) is 0 Å². The fraction of sp³-hybridized carbons (Fsp3) is 0.125. The topological polar surface area (TPSA) is 89.9 Å². The molecular weight excluding hydrogens is 182 g/mol. The molecule has 0 aliphatic heterocycles. The molecule has 0 amide bonds. The molecule has 0 aliphatic carbocycles. The first kappa shape index (κ1) is 8.49. The Morgan fingerprint density at radius 3 is 2.93 bits per heavy atom. The molecule has 0 aromatic carbocycles. The summed E-state index contributed by atoms with van der Waals surface area (Å²) in [5.41, 5.74) is 6.12. The smallest absolute Gasteiger partial charge is 0.213 e. The van der Waals surface area contributed by atoms with Crippen molar-refractivity contribution in [2.24, 2.45) is 0 Å². The van der Waals surface area contributed by atoms with E-state index in [0.717, 1.165) is 5.82 Å². The Morgan fingerprint density at radius 2 is 2.29 bits per heavy atom. The van der Waals surface area contributed by atoms with Crippen molar-refractivity contribution in [1.82, 2.24) is 15.1 Å². The van der Waals surface area contributed by atoms with Crippen LogP contribution in [-0.2, 0) is 6.54 Å². The molecule has 2 aromatic rings. The Labute approximate surface area is 80.1 Å². The molecule has 0 aliphatic rings. The van der Waals surface area contributed by atoms with Gasteiger partial charge in [-0.15, -0.1) is 0 Å². The Balaban J connectivity index is 1.95. The lowest BCUT2D eigenvalue weighted by atomic mass is 10.4. The summed E-state index contributed by atoms with van der Waals surface area (Å²) in [6, 6.07) is 3.56. The minimum Gasteiger partial charge on any atom is -0.397 e. The van der Waals surface area contributed by atoms with Crippen LogP contribution in [-0.4, -0.2) is 15.1 Å². The van der Waals surface area contributed by atoms with E-state index in [-0.39, 0.29) is 0 Å². The fourth-order valence-corrected chi connectivity index (χ4v) is 0.950. The van der Waals surface area contributed by atoms with E-state index in [1.54, 1.807) is 18.3 Å². The lowest BCUT2D eigenvalue weighted by Gasteiger charge is -2.01. The van der Waals surface area contributed by atoms with Gasteiger partial charge in [-0.05, 0) is 12.1 Å². The number of anilines is 2. The van der Waals surface area contributed by atoms with E-state index < -0.39 is 0 Å². The number of nitrogen functional groups attached to an aromatic ring is 1. The maximum Gasteiger partial charge on any atom is 0.213 e. The molecule has 0 spiro atoms. The number of aromatic nitrogens is 3. The van der Waals surface area contributed by atoms with Gasteiger partial charge in [0.05, 0.1) is 18.4 Å². The van der Waals surface area contributed by atoms with Gasteiger partial charge in [-0.25, -0.2) is 4.98 Å². The van der Waals surface area contributed by atoms with Gasteiger partial charge in [-0.1, -0.05) is 5.16 Å². The predicted molar refractivity (Wildman–Crippen MR) is 50.3 cm³/mol. The second kappa shape index (κ2) is 3.73. The molecular formula is C8H9N5O. The van der Waals surface area contributed by atoms with E-state index in [9.17, 15) is 0 Å². The van der Waals surface area contributed by atoms with Crippen molar-refractivity contribution in [2.45, 2.75) is 6.54 Å². The van der Waals surface area contributed by atoms with Gasteiger partial charge < -0.3 is 15.6 Å². The van der Waals surface area contributed by atoms with Crippen molar-refractivity contribution in [2.75, 3.05) is 11.1 Å². The predicted octanol–water partition coefficient (Wildman–Crippen LogP) is 0.659. The third kappa shape index (κ3) is 1.98. The molecule has 0 unspecified atom stereocenters. The number of nitrogens with zero attached hydrogens (tertiary/aromatic N) is 3. The molecule has 0 saturated heterocycles. The van der Waals surface area contributed by atoms with Gasteiger partial charge in [0.1, 0.15) is 5.82 Å². The second-order valence-corrected chi connectivity index (χ2v) is 2.68. The summed E-state index contributed by atoms with van der Waals surface area (Å²) in [4.78, 5) is 7.91. The third-order valence-electron chi connectivity index (χ3n) is 1.62. The summed E-state index contributed by atoms with van der Waals surface area (Å²) in [5, 5.41) is 6.67. The number of pyridine rings is 1. The second-order valence-electron chi connectivity index (χ2n) is 2.68. The minimum atomic E-state index is 0.480. The molecule has 14 heavy (non-hydrogen) atoms. The highest BCUT2D eigenvalue weighted by Gasteiger charge is 1.98. The Bertz CT molecular complexity index is 383. The SMILES string of the molecule is Nc1ccc(NCc2ncon2)nc1. The zero-order valence-corrected chi connectivity index (χ0v) is 7.34. The van der Waals surface area contributed by atoms with Crippen LogP contribution in [0.3, 0.4) is 0 Å². The van der Waals surface area contributed by atoms with Crippen molar-refractivity contribution in [3.8, 4) is 0 Å². The standard InChI is InChI=1S/C8H9N5O/c9-6-1-2-7(10-3-6)11-4-8-12-5-14-13-8/h1-3,5H,4,9H2,(H,10,11). The Kier molecular flexibility index (Phi) is 2.26. The lowest BCUT2D eigenvalue weighted by molar-refractivity contribution is 0.411. The van der Waals surface area contributed by atoms with Gasteiger partial charge in [0, 0.05) is 0 Å². The third-order valence-corrected chi connectivity index (χ3v) is 1.62. The summed E-state index contributed by atoms with van der Waals surface area (Å²) < 4.78 is 4.58. The largest absolute Gasteiger partial charge is 0.397 e. The summed E-state index contributed by atoms with van der Waals surface area (Å²) >= 11 is 0. The molecule has 0 saturated carbocycles. The zero-order valence-electron chi connectivity index (χ0n) is 7.34. The molecule has 2 rings (SSSR count). The van der Waals surface area contributed by atoms with E-state index in [2.05, 4.69) is 25.0 Å². The van der Waals surface area contributed by atoms with E-state index >= 15 is 0 Å². The number of hydrogen-bond acceptors (Lipinski definition) is 6. The maximum atomic E-state index is 5.49. The van der Waals surface area contributed by atoms with Crippen LogP contribution >= 0.6 is 0 Å². The molecule has 0 radical (unpaired) electrons. The number of hydrogen-bond donors (Lipinski definition) is 2. The molecule has 2 aromatic heterocycles. The summed E-state index contributed by atoms with van der Waals surface area (Å²) in [5.74, 6) is 1.31. The van der Waals surface area contributed by atoms with E-state index in [1.807, 2.05) is 0 Å². The summed E-state index contributed by atoms with van der Waals surface area (Å²) in [6.07, 6.45) is 2.87. The first-order chi connectivity index (χ1) is 6.84. The molecule has 0 atom stereocenters. The van der Waals surface area contributed by atoms with Crippen LogP contribution < -0.4 is 11.1 Å². The average molecular weight is 191 g/mol. The molecule has 0 fully saturated rings. The van der Waals surface area contributed by atoms with Gasteiger partial charge in [0.2, 0.25) is 6.39 Å².